The minimum Gasteiger partial charge on any atom is -0.129 e. The van der Waals surface area contributed by atoms with E-state index in [4.69, 9.17) is 0 Å². The van der Waals surface area contributed by atoms with Crippen LogP contribution in [0.4, 0.5) is 0 Å². The highest BCUT2D eigenvalue weighted by atomic mass is 32.2. The van der Waals surface area contributed by atoms with Crippen LogP contribution in [0.25, 0.3) is 9.40 Å². The summed E-state index contributed by atoms with van der Waals surface area (Å²) in [5.41, 5.74) is 3.26. The molecule has 2 heteroatoms. The van der Waals surface area contributed by atoms with Gasteiger partial charge in [-0.2, -0.15) is 0 Å². The van der Waals surface area contributed by atoms with Crippen LogP contribution in [0.2, 0.25) is 0 Å². The molecule has 0 bridgehead atoms. The average molecular weight is 309 g/mol. The summed E-state index contributed by atoms with van der Waals surface area (Å²) in [5.74, 6) is 2.51. The van der Waals surface area contributed by atoms with Gasteiger partial charge in [-0.05, 0) is 34.8 Å². The summed E-state index contributed by atoms with van der Waals surface area (Å²) in [4.78, 5) is 3.22. The Morgan fingerprint density at radius 2 is 0.900 bits per heavy atom. The lowest BCUT2D eigenvalue weighted by molar-refractivity contribution is 0.799. The Balaban J connectivity index is 2.84. The first kappa shape index (κ1) is 16.0. The molecule has 2 aromatic heterocycles. The molecule has 2 rings (SSSR count). The van der Waals surface area contributed by atoms with E-state index in [2.05, 4.69) is 55.4 Å². The van der Waals surface area contributed by atoms with Crippen LogP contribution in [0.15, 0.2) is 0 Å². The second-order valence-electron chi connectivity index (χ2n) is 7.04. The first-order chi connectivity index (χ1) is 9.25. The Morgan fingerprint density at radius 3 is 1.15 bits per heavy atom. The van der Waals surface area contributed by atoms with E-state index in [0.29, 0.717) is 23.7 Å². The molecule has 0 aliphatic rings. The molecule has 0 spiro atoms. The van der Waals surface area contributed by atoms with Crippen LogP contribution in [-0.4, -0.2) is 0 Å². The van der Waals surface area contributed by atoms with Crippen LogP contribution in [-0.2, 0) is 0 Å². The molecule has 2 heterocycles. The van der Waals surface area contributed by atoms with Crippen LogP contribution < -0.4 is 0 Å². The van der Waals surface area contributed by atoms with Crippen LogP contribution >= 0.6 is 22.7 Å². The normalized spacial score (nSPS) is 12.8. The molecule has 0 fully saturated rings. The molecular weight excluding hydrogens is 280 g/mol. The van der Waals surface area contributed by atoms with Gasteiger partial charge in [0.2, 0.25) is 0 Å². The van der Waals surface area contributed by atoms with Crippen molar-refractivity contribution in [2.45, 2.75) is 79.1 Å². The van der Waals surface area contributed by atoms with Gasteiger partial charge in [0.25, 0.3) is 0 Å². The van der Waals surface area contributed by atoms with Crippen molar-refractivity contribution in [3.8, 4) is 0 Å². The zero-order chi connectivity index (χ0) is 15.2. The van der Waals surface area contributed by atoms with Crippen molar-refractivity contribution < 1.29 is 0 Å². The minimum atomic E-state index is 0.619. The molecule has 0 amide bonds. The fourth-order valence-corrected chi connectivity index (χ4v) is 6.16. The summed E-state index contributed by atoms with van der Waals surface area (Å²) in [6.07, 6.45) is 0. The standard InChI is InChI=1S/C18H28S2/c1-9(2)13-15-14(10(3)4)17(12(7)8)20-18(15)19-16(13)11(5)6/h9-12H,1-8H3. The predicted molar refractivity (Wildman–Crippen MR) is 96.1 cm³/mol. The highest BCUT2D eigenvalue weighted by Crippen LogP contribution is 2.49. The second-order valence-corrected chi connectivity index (χ2v) is 9.40. The van der Waals surface area contributed by atoms with E-state index in [9.17, 15) is 0 Å². The molecule has 0 aliphatic heterocycles. The van der Waals surface area contributed by atoms with E-state index in [1.807, 2.05) is 22.7 Å². The third kappa shape index (κ3) is 2.57. The minimum absolute atomic E-state index is 0.619. The number of hydrogen-bond donors (Lipinski definition) is 0. The highest BCUT2D eigenvalue weighted by molar-refractivity contribution is 7.38. The molecule has 112 valence electrons. The van der Waals surface area contributed by atoms with Crippen molar-refractivity contribution >= 4 is 32.1 Å². The van der Waals surface area contributed by atoms with Gasteiger partial charge >= 0.3 is 0 Å². The maximum atomic E-state index is 2.35. The largest absolute Gasteiger partial charge is 0.129 e. The topological polar surface area (TPSA) is 0 Å². The number of thiophene rings is 2. The van der Waals surface area contributed by atoms with Crippen LogP contribution in [0.3, 0.4) is 0 Å². The molecule has 0 radical (unpaired) electrons. The summed E-state index contributed by atoms with van der Waals surface area (Å²) in [5, 5.41) is 1.61. The van der Waals surface area contributed by atoms with E-state index in [-0.39, 0.29) is 0 Å². The first-order valence-electron chi connectivity index (χ1n) is 7.84. The fourth-order valence-electron chi connectivity index (χ4n) is 3.05. The van der Waals surface area contributed by atoms with Gasteiger partial charge in [0.1, 0.15) is 0 Å². The Bertz CT molecular complexity index is 545. The smallest absolute Gasteiger partial charge is 0.0876 e. The number of fused-ring (bicyclic) bond motifs is 1. The molecule has 2 aromatic rings. The van der Waals surface area contributed by atoms with Gasteiger partial charge in [-0.1, -0.05) is 55.4 Å². The molecule has 0 aliphatic carbocycles. The van der Waals surface area contributed by atoms with E-state index in [1.54, 1.807) is 30.3 Å². The Kier molecular flexibility index (Phi) is 4.66. The molecule has 0 aromatic carbocycles. The summed E-state index contributed by atoms with van der Waals surface area (Å²) in [6, 6.07) is 0. The Labute approximate surface area is 132 Å². The van der Waals surface area contributed by atoms with Crippen LogP contribution in [0.5, 0.6) is 0 Å². The van der Waals surface area contributed by atoms with Gasteiger partial charge in [0, 0.05) is 15.1 Å². The summed E-state index contributed by atoms with van der Waals surface area (Å²) in [6.45, 7) is 18.7. The lowest BCUT2D eigenvalue weighted by atomic mass is 9.89. The lowest BCUT2D eigenvalue weighted by Gasteiger charge is -2.15. The molecule has 0 saturated heterocycles. The maximum absolute atomic E-state index is 2.35. The fraction of sp³-hybridized carbons (Fsp3) is 0.667. The monoisotopic (exact) mass is 308 g/mol. The summed E-state index contributed by atoms with van der Waals surface area (Å²) < 4.78 is 1.56. The molecular formula is C18H28S2. The predicted octanol–water partition coefficient (Wildman–Crippen LogP) is 7.46. The van der Waals surface area contributed by atoms with Crippen LogP contribution in [0, 0.1) is 0 Å². The van der Waals surface area contributed by atoms with Gasteiger partial charge in [-0.15, -0.1) is 22.7 Å². The molecule has 0 N–H and O–H groups in total. The molecule has 0 saturated carbocycles. The summed E-state index contributed by atoms with van der Waals surface area (Å²) in [7, 11) is 0. The van der Waals surface area contributed by atoms with Crippen molar-refractivity contribution in [3.05, 3.63) is 20.9 Å². The maximum Gasteiger partial charge on any atom is 0.0876 e. The SMILES string of the molecule is CC(C)c1sc2sc(C(C)C)c(C(C)C)c2c1C(C)C. The van der Waals surface area contributed by atoms with Crippen molar-refractivity contribution in [2.75, 3.05) is 0 Å². The first-order valence-corrected chi connectivity index (χ1v) is 9.47. The Hall–Kier alpha value is -0.340. The zero-order valence-corrected chi connectivity index (χ0v) is 15.8. The third-order valence-electron chi connectivity index (χ3n) is 3.88. The molecule has 0 atom stereocenters. The summed E-state index contributed by atoms with van der Waals surface area (Å²) >= 11 is 4.10. The molecule has 0 unspecified atom stereocenters. The van der Waals surface area contributed by atoms with Gasteiger partial charge in [0.05, 0.1) is 4.01 Å². The number of rotatable bonds is 4. The average Bonchev–Trinajstić information content (AvgIpc) is 2.81. The van der Waals surface area contributed by atoms with E-state index < -0.39 is 0 Å². The lowest BCUT2D eigenvalue weighted by Crippen LogP contribution is -1.98. The van der Waals surface area contributed by atoms with Gasteiger partial charge in [0.15, 0.2) is 0 Å². The van der Waals surface area contributed by atoms with Crippen molar-refractivity contribution in [2.24, 2.45) is 0 Å². The third-order valence-corrected chi connectivity index (χ3v) is 6.98. The quantitative estimate of drug-likeness (QED) is 0.550. The highest BCUT2D eigenvalue weighted by Gasteiger charge is 2.26. The van der Waals surface area contributed by atoms with Crippen molar-refractivity contribution in [3.63, 3.8) is 0 Å². The Morgan fingerprint density at radius 1 is 0.550 bits per heavy atom. The van der Waals surface area contributed by atoms with Gasteiger partial charge in [-0.3, -0.25) is 0 Å². The van der Waals surface area contributed by atoms with E-state index >= 15 is 0 Å². The van der Waals surface area contributed by atoms with E-state index in [1.165, 1.54) is 0 Å². The van der Waals surface area contributed by atoms with E-state index in [0.717, 1.165) is 0 Å². The molecule has 20 heavy (non-hydrogen) atoms. The van der Waals surface area contributed by atoms with Gasteiger partial charge in [-0.25, -0.2) is 0 Å². The molecule has 0 nitrogen and oxygen atoms in total. The van der Waals surface area contributed by atoms with Crippen molar-refractivity contribution in [1.29, 1.82) is 0 Å². The number of hydrogen-bond acceptors (Lipinski definition) is 2. The van der Waals surface area contributed by atoms with Crippen molar-refractivity contribution in [1.82, 2.24) is 0 Å². The second kappa shape index (κ2) is 5.81. The zero-order valence-electron chi connectivity index (χ0n) is 14.1. The van der Waals surface area contributed by atoms with Crippen LogP contribution in [0.1, 0.15) is 99.9 Å². The van der Waals surface area contributed by atoms with Gasteiger partial charge < -0.3 is 0 Å².